The van der Waals surface area contributed by atoms with Gasteiger partial charge in [-0.15, -0.1) is 0 Å². The molecule has 0 amide bonds. The Morgan fingerprint density at radius 2 is 1.85 bits per heavy atom. The zero-order valence-electron chi connectivity index (χ0n) is 16.8. The molecule has 4 aliphatic rings. The van der Waals surface area contributed by atoms with E-state index in [1.165, 1.54) is 25.7 Å². The molecule has 146 valence electrons. The van der Waals surface area contributed by atoms with Crippen molar-refractivity contribution in [2.45, 2.75) is 83.3 Å². The van der Waals surface area contributed by atoms with E-state index >= 15 is 0 Å². The third-order valence-electron chi connectivity index (χ3n) is 9.74. The highest BCUT2D eigenvalue weighted by Crippen LogP contribution is 2.69. The molecule has 26 heavy (non-hydrogen) atoms. The summed E-state index contributed by atoms with van der Waals surface area (Å²) in [6.07, 6.45) is 11.3. The molecule has 0 aromatic rings. The monoisotopic (exact) mass is 360 g/mol. The van der Waals surface area contributed by atoms with Crippen LogP contribution in [0.5, 0.6) is 0 Å². The summed E-state index contributed by atoms with van der Waals surface area (Å²) in [5, 5.41) is 12.0. The first-order chi connectivity index (χ1) is 12.3. The summed E-state index contributed by atoms with van der Waals surface area (Å²) >= 11 is 0. The second kappa shape index (κ2) is 6.17. The van der Waals surface area contributed by atoms with Crippen LogP contribution >= 0.6 is 0 Å². The fraction of sp³-hybridized carbons (Fsp3) is 0.870. The Hall–Kier alpha value is -0.670. The van der Waals surface area contributed by atoms with Gasteiger partial charge in [0, 0.05) is 12.5 Å². The van der Waals surface area contributed by atoms with Crippen molar-refractivity contribution in [2.24, 2.45) is 34.5 Å². The van der Waals surface area contributed by atoms with E-state index in [1.54, 1.807) is 0 Å². The Labute approximate surface area is 158 Å². The molecule has 3 nitrogen and oxygen atoms in total. The first-order valence-electron chi connectivity index (χ1n) is 10.7. The van der Waals surface area contributed by atoms with Crippen molar-refractivity contribution < 1.29 is 14.6 Å². The first-order valence-corrected chi connectivity index (χ1v) is 10.7. The molecule has 0 spiro atoms. The van der Waals surface area contributed by atoms with Gasteiger partial charge >= 0.3 is 0 Å². The van der Waals surface area contributed by atoms with Crippen LogP contribution in [0.15, 0.2) is 12.2 Å². The Kier molecular flexibility index (Phi) is 4.43. The lowest BCUT2D eigenvalue weighted by Crippen LogP contribution is -2.62. The van der Waals surface area contributed by atoms with E-state index < -0.39 is 5.60 Å². The van der Waals surface area contributed by atoms with Gasteiger partial charge in [0.2, 0.25) is 0 Å². The van der Waals surface area contributed by atoms with Gasteiger partial charge in [0.25, 0.3) is 0 Å². The maximum atomic E-state index is 12.0. The van der Waals surface area contributed by atoms with Crippen LogP contribution in [0, 0.1) is 34.5 Å². The number of aliphatic hydroxyl groups is 1. The molecule has 8 atom stereocenters. The van der Waals surface area contributed by atoms with Gasteiger partial charge in [-0.05, 0) is 92.4 Å². The average molecular weight is 361 g/mol. The Morgan fingerprint density at radius 3 is 2.54 bits per heavy atom. The van der Waals surface area contributed by atoms with Crippen LogP contribution in [0.2, 0.25) is 0 Å². The summed E-state index contributed by atoms with van der Waals surface area (Å²) in [6.45, 7) is 8.78. The number of aldehydes is 1. The molecule has 0 unspecified atom stereocenters. The third kappa shape index (κ3) is 2.29. The zero-order valence-corrected chi connectivity index (χ0v) is 16.8. The summed E-state index contributed by atoms with van der Waals surface area (Å²) < 4.78 is 5.69. The molecule has 0 bridgehead atoms. The highest BCUT2D eigenvalue weighted by atomic mass is 16.5. The molecule has 0 aliphatic heterocycles. The number of fused-ring (bicyclic) bond motifs is 5. The molecule has 0 aromatic heterocycles. The van der Waals surface area contributed by atoms with Gasteiger partial charge < -0.3 is 9.84 Å². The highest BCUT2D eigenvalue weighted by Gasteiger charge is 2.67. The normalized spacial score (nSPS) is 53.3. The Morgan fingerprint density at radius 1 is 1.08 bits per heavy atom. The highest BCUT2D eigenvalue weighted by molar-refractivity contribution is 5.73. The topological polar surface area (TPSA) is 46.5 Å². The predicted molar refractivity (Wildman–Crippen MR) is 103 cm³/mol. The minimum atomic E-state index is -0.626. The van der Waals surface area contributed by atoms with Gasteiger partial charge in [0.05, 0.1) is 11.7 Å². The van der Waals surface area contributed by atoms with Crippen molar-refractivity contribution in [2.75, 3.05) is 7.11 Å². The van der Waals surface area contributed by atoms with Crippen molar-refractivity contribution in [1.82, 2.24) is 0 Å². The zero-order chi connectivity index (χ0) is 18.7. The first kappa shape index (κ1) is 18.7. The van der Waals surface area contributed by atoms with Crippen molar-refractivity contribution in [3.8, 4) is 0 Å². The maximum Gasteiger partial charge on any atom is 0.145 e. The lowest BCUT2D eigenvalue weighted by molar-refractivity contribution is -0.208. The molecule has 0 aromatic carbocycles. The lowest BCUT2D eigenvalue weighted by atomic mass is 9.43. The molecule has 3 heteroatoms. The minimum Gasteiger partial charge on any atom is -0.389 e. The summed E-state index contributed by atoms with van der Waals surface area (Å²) in [4.78, 5) is 11.4. The summed E-state index contributed by atoms with van der Waals surface area (Å²) in [6, 6.07) is 0. The van der Waals surface area contributed by atoms with E-state index in [1.807, 2.05) is 7.11 Å². The lowest BCUT2D eigenvalue weighted by Gasteiger charge is -2.63. The molecule has 0 radical (unpaired) electrons. The number of carbonyl (C=O) groups excluding carboxylic acids is 1. The van der Waals surface area contributed by atoms with Crippen molar-refractivity contribution in [3.63, 3.8) is 0 Å². The van der Waals surface area contributed by atoms with E-state index in [4.69, 9.17) is 4.74 Å². The van der Waals surface area contributed by atoms with E-state index in [2.05, 4.69) is 20.4 Å². The van der Waals surface area contributed by atoms with Crippen LogP contribution in [-0.2, 0) is 9.53 Å². The molecule has 4 aliphatic carbocycles. The van der Waals surface area contributed by atoms with Gasteiger partial charge in [-0.3, -0.25) is 4.79 Å². The second-order valence-electron chi connectivity index (χ2n) is 10.3. The fourth-order valence-electron chi connectivity index (χ4n) is 8.08. The van der Waals surface area contributed by atoms with Crippen LogP contribution < -0.4 is 0 Å². The van der Waals surface area contributed by atoms with E-state index in [0.29, 0.717) is 28.9 Å². The van der Waals surface area contributed by atoms with E-state index in [9.17, 15) is 9.90 Å². The summed E-state index contributed by atoms with van der Waals surface area (Å²) in [5.41, 5.74) is 0.231. The number of hydrogen-bond donors (Lipinski definition) is 1. The molecular formula is C23H36O3. The van der Waals surface area contributed by atoms with E-state index in [0.717, 1.165) is 44.3 Å². The number of rotatable bonds is 3. The number of carbonyl (C=O) groups is 1. The van der Waals surface area contributed by atoms with Crippen molar-refractivity contribution in [1.29, 1.82) is 0 Å². The number of allylic oxidation sites excluding steroid dienone is 1. The Balaban J connectivity index is 1.64. The van der Waals surface area contributed by atoms with Gasteiger partial charge in [-0.2, -0.15) is 0 Å². The Bertz CT molecular complexity index is 600. The molecule has 4 fully saturated rings. The largest absolute Gasteiger partial charge is 0.389 e. The molecule has 0 heterocycles. The van der Waals surface area contributed by atoms with Crippen molar-refractivity contribution in [3.05, 3.63) is 12.2 Å². The SMILES string of the molecule is C=C(C=O)[C@H]1CC[C@]2(O)[C@@H]3CC[C@H]4C[C@@H](OC)CC[C@]4(C)[C@H]3CC[C@]12C. The minimum absolute atomic E-state index is 0.153. The van der Waals surface area contributed by atoms with Gasteiger partial charge in [0.1, 0.15) is 6.29 Å². The average Bonchev–Trinajstić information content (AvgIpc) is 2.92. The smallest absolute Gasteiger partial charge is 0.145 e. The molecular weight excluding hydrogens is 324 g/mol. The van der Waals surface area contributed by atoms with Gasteiger partial charge in [-0.1, -0.05) is 20.4 Å². The number of methoxy groups -OCH3 is 1. The van der Waals surface area contributed by atoms with Gasteiger partial charge in [-0.25, -0.2) is 0 Å². The second-order valence-corrected chi connectivity index (χ2v) is 10.3. The van der Waals surface area contributed by atoms with Crippen LogP contribution in [-0.4, -0.2) is 30.2 Å². The van der Waals surface area contributed by atoms with E-state index in [-0.39, 0.29) is 11.3 Å². The fourth-order valence-corrected chi connectivity index (χ4v) is 8.08. The molecule has 4 saturated carbocycles. The summed E-state index contributed by atoms with van der Waals surface area (Å²) in [5.74, 6) is 1.88. The van der Waals surface area contributed by atoms with Crippen LogP contribution in [0.3, 0.4) is 0 Å². The molecule has 1 N–H and O–H groups in total. The molecule has 4 rings (SSSR count). The van der Waals surface area contributed by atoms with Crippen LogP contribution in [0.1, 0.15) is 71.6 Å². The van der Waals surface area contributed by atoms with Crippen LogP contribution in [0.4, 0.5) is 0 Å². The number of ether oxygens (including phenoxy) is 1. The van der Waals surface area contributed by atoms with Gasteiger partial charge in [0.15, 0.2) is 0 Å². The van der Waals surface area contributed by atoms with Crippen LogP contribution in [0.25, 0.3) is 0 Å². The summed E-state index contributed by atoms with van der Waals surface area (Å²) in [7, 11) is 1.85. The quantitative estimate of drug-likeness (QED) is 0.594. The maximum absolute atomic E-state index is 12.0. The molecule has 0 saturated heterocycles. The third-order valence-corrected chi connectivity index (χ3v) is 9.74. The predicted octanol–water partition coefficient (Wildman–Crippen LogP) is 4.53. The number of hydrogen-bond acceptors (Lipinski definition) is 3. The standard InChI is InChI=1S/C23H36O3/c1-15(14-24)18-9-12-23(25)20-6-5-16-13-17(26-4)7-10-21(16,2)19(20)8-11-22(18,23)3/h14,16-20,25H,1,5-13H2,2-4H3/t16-,17-,18+,19-,20+,21-,22+,23-/m0/s1. The van der Waals surface area contributed by atoms with Crippen molar-refractivity contribution >= 4 is 6.29 Å².